The molecule has 1 unspecified atom stereocenters. The molecule has 3 aromatic rings. The van der Waals surface area contributed by atoms with Gasteiger partial charge in [-0.15, -0.1) is 0 Å². The van der Waals surface area contributed by atoms with E-state index in [0.717, 1.165) is 17.8 Å². The van der Waals surface area contributed by atoms with Crippen LogP contribution in [0.4, 0.5) is 19.4 Å². The largest absolute Gasteiger partial charge is 0.351 e. The van der Waals surface area contributed by atoms with Crippen molar-refractivity contribution in [1.82, 2.24) is 29.7 Å². The van der Waals surface area contributed by atoms with Crippen LogP contribution >= 0.6 is 0 Å². The predicted molar refractivity (Wildman–Crippen MR) is 127 cm³/mol. The molecule has 36 heavy (non-hydrogen) atoms. The fraction of sp³-hybridized carbons (Fsp3) is 0.333. The molecule has 0 saturated carbocycles. The third-order valence-corrected chi connectivity index (χ3v) is 6.37. The second kappa shape index (κ2) is 9.33. The second-order valence-corrected chi connectivity index (χ2v) is 8.70. The highest BCUT2D eigenvalue weighted by Gasteiger charge is 2.34. The van der Waals surface area contributed by atoms with E-state index in [-0.39, 0.29) is 17.4 Å². The summed E-state index contributed by atoms with van der Waals surface area (Å²) in [4.78, 5) is 25.3. The summed E-state index contributed by atoms with van der Waals surface area (Å²) in [6.45, 7) is 3.27. The first kappa shape index (κ1) is 23.3. The molecule has 10 nitrogen and oxygen atoms in total. The molecule has 1 fully saturated rings. The minimum absolute atomic E-state index is 0.175. The minimum Gasteiger partial charge on any atom is -0.351 e. The molecule has 1 aromatic carbocycles. The summed E-state index contributed by atoms with van der Waals surface area (Å²) in [7, 11) is 1.78. The highest BCUT2D eigenvalue weighted by molar-refractivity contribution is 5.79. The van der Waals surface area contributed by atoms with E-state index in [2.05, 4.69) is 20.2 Å². The molecule has 5 rings (SSSR count). The number of aryl methyl sites for hydroxylation is 2. The molecule has 0 bridgehead atoms. The maximum atomic E-state index is 14.7. The molecule has 0 aliphatic carbocycles. The fourth-order valence-electron chi connectivity index (χ4n) is 4.56. The van der Waals surface area contributed by atoms with E-state index in [1.165, 1.54) is 11.1 Å². The number of benzene rings is 1. The molecule has 2 aromatic heterocycles. The predicted octanol–water partition coefficient (Wildman–Crippen LogP) is 3.01. The van der Waals surface area contributed by atoms with Crippen molar-refractivity contribution >= 4 is 18.1 Å². The van der Waals surface area contributed by atoms with Crippen LogP contribution in [0.25, 0.3) is 11.5 Å². The average molecular weight is 492 g/mol. The molecule has 1 atom stereocenters. The van der Waals surface area contributed by atoms with Crippen LogP contribution in [0, 0.1) is 29.9 Å². The number of nitrogens with zero attached hydrogens (tertiary/aromatic N) is 9. The molecule has 0 radical (unpaired) electrons. The van der Waals surface area contributed by atoms with Crippen LogP contribution in [0.2, 0.25) is 0 Å². The van der Waals surface area contributed by atoms with Crippen molar-refractivity contribution in [2.45, 2.75) is 19.4 Å². The Hall–Kier alpha value is -4.40. The van der Waals surface area contributed by atoms with Gasteiger partial charge in [-0.3, -0.25) is 4.68 Å². The maximum Gasteiger partial charge on any atom is 0.341 e. The van der Waals surface area contributed by atoms with Gasteiger partial charge in [0.1, 0.15) is 11.5 Å². The van der Waals surface area contributed by atoms with Gasteiger partial charge < -0.3 is 9.80 Å². The van der Waals surface area contributed by atoms with Gasteiger partial charge >= 0.3 is 6.03 Å². The molecule has 2 aliphatic rings. The molecule has 2 amide bonds. The number of rotatable bonds is 3. The molecule has 4 heterocycles. The van der Waals surface area contributed by atoms with Crippen molar-refractivity contribution in [3.8, 4) is 17.6 Å². The zero-order valence-electron chi connectivity index (χ0n) is 19.8. The zero-order chi connectivity index (χ0) is 25.4. The summed E-state index contributed by atoms with van der Waals surface area (Å²) in [5.41, 5.74) is 2.29. The number of aromatic nitrogens is 4. The summed E-state index contributed by atoms with van der Waals surface area (Å²) in [5.74, 6) is -0.525. The summed E-state index contributed by atoms with van der Waals surface area (Å²) >= 11 is 0. The standard InChI is InChI=1S/C24H23F2N9O/c1-15-13-30-32(2)21(15)22-28-14-19(26)23(31-22)33-5-7-34(8-6-33)24(36)35-20(3-4-29-35)17-9-16(12-27)10-18(25)11-17/h4,9-11,13-14,20H,3,5-8H2,1-2H3. The number of hydrogen-bond donors (Lipinski definition) is 0. The van der Waals surface area contributed by atoms with E-state index in [1.807, 2.05) is 13.0 Å². The summed E-state index contributed by atoms with van der Waals surface area (Å²) < 4.78 is 30.3. The van der Waals surface area contributed by atoms with Crippen molar-refractivity contribution in [3.63, 3.8) is 0 Å². The van der Waals surface area contributed by atoms with E-state index in [0.29, 0.717) is 49.7 Å². The number of amides is 2. The molecule has 1 saturated heterocycles. The summed E-state index contributed by atoms with van der Waals surface area (Å²) in [5, 5.41) is 18.9. The molecule has 12 heteroatoms. The van der Waals surface area contributed by atoms with Crippen molar-refractivity contribution in [2.24, 2.45) is 12.1 Å². The van der Waals surface area contributed by atoms with Gasteiger partial charge in [0.15, 0.2) is 17.5 Å². The monoisotopic (exact) mass is 491 g/mol. The van der Waals surface area contributed by atoms with Crippen LogP contribution in [-0.2, 0) is 7.05 Å². The Bertz CT molecular complexity index is 1370. The van der Waals surface area contributed by atoms with Crippen LogP contribution < -0.4 is 4.90 Å². The van der Waals surface area contributed by atoms with Gasteiger partial charge in [-0.2, -0.15) is 15.5 Å². The average Bonchev–Trinajstić information content (AvgIpc) is 3.50. The van der Waals surface area contributed by atoms with Crippen molar-refractivity contribution in [3.05, 3.63) is 58.9 Å². The fourth-order valence-corrected chi connectivity index (χ4v) is 4.56. The van der Waals surface area contributed by atoms with Crippen molar-refractivity contribution in [1.29, 1.82) is 5.26 Å². The number of carbonyl (C=O) groups excluding carboxylic acids is 1. The first-order valence-electron chi connectivity index (χ1n) is 11.4. The molecule has 2 aliphatic heterocycles. The topological polar surface area (TPSA) is 107 Å². The third kappa shape index (κ3) is 4.24. The van der Waals surface area contributed by atoms with Crippen LogP contribution in [0.3, 0.4) is 0 Å². The van der Waals surface area contributed by atoms with Gasteiger partial charge in [-0.1, -0.05) is 0 Å². The Morgan fingerprint density at radius 1 is 1.14 bits per heavy atom. The summed E-state index contributed by atoms with van der Waals surface area (Å²) in [6, 6.07) is 5.15. The van der Waals surface area contributed by atoms with E-state index >= 15 is 0 Å². The van der Waals surface area contributed by atoms with Gasteiger partial charge in [0.05, 0.1) is 30.1 Å². The lowest BCUT2D eigenvalue weighted by Crippen LogP contribution is -2.52. The lowest BCUT2D eigenvalue weighted by molar-refractivity contribution is 0.139. The van der Waals surface area contributed by atoms with Gasteiger partial charge in [0, 0.05) is 45.9 Å². The number of carbonyl (C=O) groups is 1. The van der Waals surface area contributed by atoms with Gasteiger partial charge in [0.2, 0.25) is 0 Å². The summed E-state index contributed by atoms with van der Waals surface area (Å²) in [6.07, 6.45) is 4.88. The number of halogens is 2. The van der Waals surface area contributed by atoms with Crippen molar-refractivity contribution in [2.75, 3.05) is 31.1 Å². The minimum atomic E-state index is -0.540. The molecule has 0 N–H and O–H groups in total. The smallest absolute Gasteiger partial charge is 0.341 e. The first-order valence-corrected chi connectivity index (χ1v) is 11.4. The van der Waals surface area contributed by atoms with E-state index < -0.39 is 17.7 Å². The molecule has 184 valence electrons. The Balaban J connectivity index is 1.30. The van der Waals surface area contributed by atoms with Crippen LogP contribution in [0.15, 0.2) is 35.7 Å². The molecular weight excluding hydrogens is 468 g/mol. The Kier molecular flexibility index (Phi) is 6.05. The zero-order valence-corrected chi connectivity index (χ0v) is 19.8. The Labute approximate surface area is 206 Å². The number of nitriles is 1. The Morgan fingerprint density at radius 2 is 1.92 bits per heavy atom. The number of hydrogen-bond acceptors (Lipinski definition) is 7. The SMILES string of the molecule is Cc1cnn(C)c1-c1ncc(F)c(N2CCN(C(=O)N3N=CCC3c3cc(F)cc(C#N)c3)CC2)n1. The van der Waals surface area contributed by atoms with Crippen molar-refractivity contribution < 1.29 is 13.6 Å². The van der Waals surface area contributed by atoms with Gasteiger partial charge in [0.25, 0.3) is 0 Å². The van der Waals surface area contributed by atoms with E-state index in [1.54, 1.807) is 40.0 Å². The lowest BCUT2D eigenvalue weighted by atomic mass is 10.0. The van der Waals surface area contributed by atoms with Crippen LogP contribution in [-0.4, -0.2) is 68.1 Å². The first-order chi connectivity index (χ1) is 17.4. The highest BCUT2D eigenvalue weighted by atomic mass is 19.1. The number of urea groups is 1. The van der Waals surface area contributed by atoms with Crippen LogP contribution in [0.1, 0.15) is 29.2 Å². The highest BCUT2D eigenvalue weighted by Crippen LogP contribution is 2.31. The molecular formula is C24H23F2N9O. The maximum absolute atomic E-state index is 14.7. The second-order valence-electron chi connectivity index (χ2n) is 8.70. The van der Waals surface area contributed by atoms with E-state index in [4.69, 9.17) is 5.26 Å². The number of anilines is 1. The molecule has 0 spiro atoms. The van der Waals surface area contributed by atoms with Gasteiger partial charge in [-0.25, -0.2) is 28.6 Å². The third-order valence-electron chi connectivity index (χ3n) is 6.37. The number of hydrazone groups is 1. The lowest BCUT2D eigenvalue weighted by Gasteiger charge is -2.37. The number of piperazine rings is 1. The quantitative estimate of drug-likeness (QED) is 0.558. The van der Waals surface area contributed by atoms with E-state index in [9.17, 15) is 13.6 Å². The normalized spacial score (nSPS) is 17.5. The van der Waals surface area contributed by atoms with Gasteiger partial charge in [-0.05, 0) is 36.2 Å². The Morgan fingerprint density at radius 3 is 2.61 bits per heavy atom. The van der Waals surface area contributed by atoms with Crippen LogP contribution in [0.5, 0.6) is 0 Å².